The number of methoxy groups -OCH3 is 2. The lowest BCUT2D eigenvalue weighted by molar-refractivity contribution is -0.161. The van der Waals surface area contributed by atoms with Crippen molar-refractivity contribution in [3.05, 3.63) is 89.5 Å². The second-order valence-corrected chi connectivity index (χ2v) is 18.9. The van der Waals surface area contributed by atoms with Crippen LogP contribution < -0.4 is 9.47 Å². The lowest BCUT2D eigenvalue weighted by atomic mass is 9.86. The Labute approximate surface area is 401 Å². The molecule has 0 amide bonds. The molecule has 0 aliphatic carbocycles. The number of rotatable bonds is 20. The molecule has 0 bridgehead atoms. The van der Waals surface area contributed by atoms with Crippen LogP contribution in [0.5, 0.6) is 11.5 Å². The van der Waals surface area contributed by atoms with Crippen LogP contribution in [0, 0.1) is 30.6 Å². The van der Waals surface area contributed by atoms with Crippen LogP contribution in [0.3, 0.4) is 0 Å². The van der Waals surface area contributed by atoms with Crippen molar-refractivity contribution in [2.24, 2.45) is 23.7 Å². The molecular formula is C50H72O17S. The first-order valence-corrected chi connectivity index (χ1v) is 24.4. The van der Waals surface area contributed by atoms with Crippen LogP contribution in [-0.4, -0.2) is 131 Å². The fraction of sp³-hybridized carbons (Fsp3) is 0.600. The lowest BCUT2D eigenvalue weighted by Crippen LogP contribution is -2.35. The zero-order valence-electron chi connectivity index (χ0n) is 40.7. The molecule has 0 saturated carbocycles. The van der Waals surface area contributed by atoms with Crippen molar-refractivity contribution in [3.63, 3.8) is 0 Å². The van der Waals surface area contributed by atoms with E-state index in [0.29, 0.717) is 46.2 Å². The van der Waals surface area contributed by atoms with Crippen molar-refractivity contribution in [1.82, 2.24) is 0 Å². The molecule has 3 saturated heterocycles. The number of aliphatic hydroxyl groups excluding tert-OH is 2. The van der Waals surface area contributed by atoms with E-state index in [1.807, 2.05) is 76.2 Å². The predicted octanol–water partition coefficient (Wildman–Crippen LogP) is 6.12. The average Bonchev–Trinajstić information content (AvgIpc) is 3.94. The van der Waals surface area contributed by atoms with E-state index in [1.165, 1.54) is 12.1 Å². The third-order valence-corrected chi connectivity index (χ3v) is 13.0. The second kappa shape index (κ2) is 27.3. The molecule has 3 fully saturated rings. The summed E-state index contributed by atoms with van der Waals surface area (Å²) in [5.74, 6) is 0.456. The van der Waals surface area contributed by atoms with Gasteiger partial charge in [-0.15, -0.1) is 0 Å². The van der Waals surface area contributed by atoms with E-state index < -0.39 is 34.2 Å². The number of benzene rings is 3. The largest absolute Gasteiger partial charge is 0.497 e. The highest BCUT2D eigenvalue weighted by atomic mass is 32.2. The average molecular weight is 977 g/mol. The molecule has 0 radical (unpaired) electrons. The predicted molar refractivity (Wildman–Crippen MR) is 249 cm³/mol. The quantitative estimate of drug-likeness (QED) is 0.0858. The molecule has 3 heterocycles. The molecule has 68 heavy (non-hydrogen) atoms. The van der Waals surface area contributed by atoms with E-state index in [9.17, 15) is 28.2 Å². The molecule has 0 aromatic heterocycles. The Kier molecular flexibility index (Phi) is 22.6. The Morgan fingerprint density at radius 2 is 1.22 bits per heavy atom. The lowest BCUT2D eigenvalue weighted by Gasteiger charge is -2.24. The van der Waals surface area contributed by atoms with E-state index in [2.05, 4.69) is 6.92 Å². The molecule has 6 rings (SSSR count). The highest BCUT2D eigenvalue weighted by molar-refractivity contribution is 7.85. The van der Waals surface area contributed by atoms with Gasteiger partial charge in [-0.1, -0.05) is 55.8 Å². The molecule has 17 nitrogen and oxygen atoms in total. The number of carbonyl (C=O) groups excluding carboxylic acids is 2. The van der Waals surface area contributed by atoms with E-state index >= 15 is 0 Å². The summed E-state index contributed by atoms with van der Waals surface area (Å²) >= 11 is 0. The van der Waals surface area contributed by atoms with Crippen molar-refractivity contribution in [3.8, 4) is 11.5 Å². The number of esters is 2. The van der Waals surface area contributed by atoms with Gasteiger partial charge in [-0.05, 0) is 94.0 Å². The fourth-order valence-electron chi connectivity index (χ4n) is 8.33. The highest BCUT2D eigenvalue weighted by Gasteiger charge is 2.50. The Morgan fingerprint density at radius 3 is 1.63 bits per heavy atom. The molecule has 3 aliphatic rings. The minimum Gasteiger partial charge on any atom is -0.497 e. The van der Waals surface area contributed by atoms with Crippen molar-refractivity contribution in [2.75, 3.05) is 53.9 Å². The Balaban J connectivity index is 0.000000244. The van der Waals surface area contributed by atoms with Gasteiger partial charge in [0.1, 0.15) is 23.7 Å². The Morgan fingerprint density at radius 1 is 0.750 bits per heavy atom. The molecule has 3 aromatic carbocycles. The van der Waals surface area contributed by atoms with E-state index in [-0.39, 0.29) is 78.3 Å². The summed E-state index contributed by atoms with van der Waals surface area (Å²) in [6, 6.07) is 21.4. The van der Waals surface area contributed by atoms with Gasteiger partial charge in [0, 0.05) is 11.8 Å². The van der Waals surface area contributed by atoms with Crippen LogP contribution in [-0.2, 0) is 70.8 Å². The number of aryl methyl sites for hydroxylation is 1. The maximum atomic E-state index is 12.1. The fourth-order valence-corrected chi connectivity index (χ4v) is 8.81. The van der Waals surface area contributed by atoms with Gasteiger partial charge in [-0.2, -0.15) is 8.42 Å². The molecular weight excluding hydrogens is 905 g/mol. The Bertz CT molecular complexity index is 2060. The van der Waals surface area contributed by atoms with Crippen LogP contribution in [0.2, 0.25) is 0 Å². The molecule has 380 valence electrons. The molecule has 3 N–H and O–H groups in total. The number of hydrogen-bond donors (Lipinski definition) is 3. The maximum absolute atomic E-state index is 12.1. The van der Waals surface area contributed by atoms with Crippen LogP contribution in [0.25, 0.3) is 0 Å². The first-order chi connectivity index (χ1) is 32.3. The zero-order chi connectivity index (χ0) is 50.0. The number of hydrogen-bond acceptors (Lipinski definition) is 16. The Hall–Kier alpha value is -4.21. The highest BCUT2D eigenvalue weighted by Crippen LogP contribution is 2.40. The standard InChI is InChI=1S/C23H34O7.C20H30O7.C7H8O3S/c1-6-27-21(24)11-19-18(13-26-12-16-7-9-17(25-5)10-8-16)15(2)22(29-19)20-14-28-23(3,4)30-20;1-4-26-19(23)9-18-16(13(2)20(27-18)17(22)10-21)12-25-11-14-5-7-15(24-3)8-6-14;1-6-2-4-7(5-3-6)11(8,9)10/h7-10,15,18-20,22H,6,11-14H2,1-5H3;5-8,13,16-18,20-22H,4,9-12H2,1-3H3;2-5H,1H3,(H,8,9,10)/t15-,18-,19+,20-,22?;13-,16-,17-,18+,20?;/m11./s1. The molecule has 3 aromatic rings. The minimum absolute atomic E-state index is 0.0602. The van der Waals surface area contributed by atoms with E-state index in [1.54, 1.807) is 40.2 Å². The SMILES string of the molecule is CCOC(=O)C[C@@H]1OC([C@H](O)CO)[C@H](C)[C@H]1COCc1ccc(OC)cc1.CCOC(=O)C[C@@H]1OC([C@H]2COC(C)(C)O2)[C@H](C)[C@H]1COCc1ccc(OC)cc1.Cc1ccc(S(=O)(=O)O)cc1. The van der Waals surface area contributed by atoms with Gasteiger partial charge in [0.2, 0.25) is 0 Å². The third kappa shape index (κ3) is 17.3. The number of ether oxygens (including phenoxy) is 10. The van der Waals surface area contributed by atoms with Gasteiger partial charge in [0.25, 0.3) is 10.1 Å². The molecule has 3 aliphatic heterocycles. The van der Waals surface area contributed by atoms with E-state index in [0.717, 1.165) is 28.2 Å². The summed E-state index contributed by atoms with van der Waals surface area (Å²) in [6.07, 6.45) is -2.22. The van der Waals surface area contributed by atoms with Crippen LogP contribution in [0.15, 0.2) is 77.7 Å². The second-order valence-electron chi connectivity index (χ2n) is 17.5. The summed E-state index contributed by atoms with van der Waals surface area (Å²) in [5, 5.41) is 19.3. The van der Waals surface area contributed by atoms with Crippen molar-refractivity contribution in [2.45, 2.75) is 122 Å². The minimum atomic E-state index is -4.02. The van der Waals surface area contributed by atoms with Gasteiger partial charge in [-0.25, -0.2) is 0 Å². The van der Waals surface area contributed by atoms with Gasteiger partial charge < -0.3 is 57.6 Å². The van der Waals surface area contributed by atoms with Crippen molar-refractivity contribution in [1.29, 1.82) is 0 Å². The van der Waals surface area contributed by atoms with Crippen LogP contribution in [0.4, 0.5) is 0 Å². The zero-order valence-corrected chi connectivity index (χ0v) is 41.6. The van der Waals surface area contributed by atoms with Gasteiger partial charge >= 0.3 is 11.9 Å². The smallest absolute Gasteiger partial charge is 0.308 e. The number of carbonyl (C=O) groups is 2. The number of aliphatic hydroxyl groups is 2. The summed E-state index contributed by atoms with van der Waals surface area (Å²) in [7, 11) is -0.754. The van der Waals surface area contributed by atoms with Gasteiger partial charge in [0.15, 0.2) is 5.79 Å². The monoisotopic (exact) mass is 976 g/mol. The summed E-state index contributed by atoms with van der Waals surface area (Å²) in [6.45, 7) is 15.8. The third-order valence-electron chi connectivity index (χ3n) is 12.1. The van der Waals surface area contributed by atoms with Gasteiger partial charge in [0.05, 0.1) is 109 Å². The van der Waals surface area contributed by atoms with Gasteiger partial charge in [-0.3, -0.25) is 14.1 Å². The topological polar surface area (TPSA) is 221 Å². The molecule has 2 unspecified atom stereocenters. The normalized spacial score (nSPS) is 25.6. The van der Waals surface area contributed by atoms with E-state index in [4.69, 9.17) is 51.9 Å². The first-order valence-electron chi connectivity index (χ1n) is 23.0. The molecule has 0 spiro atoms. The summed E-state index contributed by atoms with van der Waals surface area (Å²) < 4.78 is 85.9. The summed E-state index contributed by atoms with van der Waals surface area (Å²) in [4.78, 5) is 23.9. The van der Waals surface area contributed by atoms with Crippen LogP contribution >= 0.6 is 0 Å². The van der Waals surface area contributed by atoms with Crippen molar-refractivity contribution >= 4 is 22.1 Å². The molecule has 10 atom stereocenters. The molecule has 18 heteroatoms. The maximum Gasteiger partial charge on any atom is 0.308 e. The first kappa shape index (κ1) is 56.4. The van der Waals surface area contributed by atoms with Crippen LogP contribution in [0.1, 0.15) is 71.1 Å². The van der Waals surface area contributed by atoms with Crippen molar-refractivity contribution < 1.29 is 80.1 Å². The summed E-state index contributed by atoms with van der Waals surface area (Å²) in [5.41, 5.74) is 3.03.